The van der Waals surface area contributed by atoms with Crippen molar-refractivity contribution in [3.63, 3.8) is 0 Å². The number of nitrogens with zero attached hydrogens (tertiary/aromatic N) is 2. The van der Waals surface area contributed by atoms with Crippen LogP contribution in [0.5, 0.6) is 11.5 Å². The first-order valence-electron chi connectivity index (χ1n) is 12.2. The highest BCUT2D eigenvalue weighted by atomic mass is 35.5. The molecule has 0 spiro atoms. The molecule has 6 nitrogen and oxygen atoms in total. The minimum Gasteiger partial charge on any atom is -0.496 e. The summed E-state index contributed by atoms with van der Waals surface area (Å²) in [6, 6.07) is 5.88. The molecule has 0 radical (unpaired) electrons. The molecule has 33 heavy (non-hydrogen) atoms. The number of aromatic nitrogens is 1. The summed E-state index contributed by atoms with van der Waals surface area (Å²) in [7, 11) is 1.68. The van der Waals surface area contributed by atoms with E-state index in [1.54, 1.807) is 7.11 Å². The molecule has 4 rings (SSSR count). The van der Waals surface area contributed by atoms with Gasteiger partial charge in [-0.1, -0.05) is 37.3 Å². The third kappa shape index (κ3) is 5.67. The Balaban J connectivity index is 1.65. The highest BCUT2D eigenvalue weighted by molar-refractivity contribution is 6.31. The van der Waals surface area contributed by atoms with E-state index in [0.29, 0.717) is 16.7 Å². The predicted molar refractivity (Wildman–Crippen MR) is 132 cm³/mol. The van der Waals surface area contributed by atoms with Crippen molar-refractivity contribution in [3.05, 3.63) is 34.5 Å². The maximum atomic E-state index is 12.7. The number of carbonyl (C=O) groups is 1. The van der Waals surface area contributed by atoms with E-state index < -0.39 is 6.09 Å². The van der Waals surface area contributed by atoms with E-state index in [-0.39, 0.29) is 0 Å². The standard InChI is InChI=1S/C26H36ClN3O3/c1-18-14-25(32-3)21(15-22(18)27)23-16-24(33-26(31)28-29-12-8-5-9-13-29)19(2)30(23)17-20-10-6-4-7-11-20/h14-16,20H,4-13,17H2,1-3H3,(H,28,31). The van der Waals surface area contributed by atoms with Crippen LogP contribution >= 0.6 is 11.6 Å². The fourth-order valence-corrected chi connectivity index (χ4v) is 5.26. The third-order valence-electron chi connectivity index (χ3n) is 7.05. The number of rotatable bonds is 6. The molecule has 2 heterocycles. The Labute approximate surface area is 202 Å². The molecule has 0 atom stereocenters. The van der Waals surface area contributed by atoms with Gasteiger partial charge in [0.25, 0.3) is 0 Å². The lowest BCUT2D eigenvalue weighted by molar-refractivity contribution is 0.129. The summed E-state index contributed by atoms with van der Waals surface area (Å²) in [6.45, 7) is 6.62. The fourth-order valence-electron chi connectivity index (χ4n) is 5.09. The SMILES string of the molecule is COc1cc(C)c(Cl)cc1-c1cc(OC(=O)NN2CCCCC2)c(C)n1CC1CCCCC1. The zero-order chi connectivity index (χ0) is 23.4. The number of carbonyl (C=O) groups excluding carboxylic acids is 1. The Morgan fingerprint density at radius 2 is 1.73 bits per heavy atom. The monoisotopic (exact) mass is 473 g/mol. The Bertz CT molecular complexity index is 976. The van der Waals surface area contributed by atoms with Gasteiger partial charge in [-0.05, 0) is 63.1 Å². The molecule has 1 aromatic carbocycles. The minimum absolute atomic E-state index is 0.435. The summed E-state index contributed by atoms with van der Waals surface area (Å²) in [5.74, 6) is 1.96. The Morgan fingerprint density at radius 3 is 2.42 bits per heavy atom. The van der Waals surface area contributed by atoms with E-state index in [0.717, 1.165) is 60.7 Å². The zero-order valence-electron chi connectivity index (χ0n) is 20.1. The second kappa shape index (κ2) is 10.8. The summed E-state index contributed by atoms with van der Waals surface area (Å²) in [4.78, 5) is 12.7. The van der Waals surface area contributed by atoms with E-state index in [1.165, 1.54) is 38.5 Å². The predicted octanol–water partition coefficient (Wildman–Crippen LogP) is 6.50. The van der Waals surface area contributed by atoms with Gasteiger partial charge >= 0.3 is 6.09 Å². The highest BCUT2D eigenvalue weighted by Gasteiger charge is 2.24. The summed E-state index contributed by atoms with van der Waals surface area (Å²) >= 11 is 6.51. The number of aryl methyl sites for hydroxylation is 1. The van der Waals surface area contributed by atoms with E-state index in [2.05, 4.69) is 9.99 Å². The smallest absolute Gasteiger partial charge is 0.427 e. The number of amides is 1. The zero-order valence-corrected chi connectivity index (χ0v) is 20.8. The van der Waals surface area contributed by atoms with Gasteiger partial charge in [0, 0.05) is 36.3 Å². The van der Waals surface area contributed by atoms with Gasteiger partial charge in [-0.25, -0.2) is 9.80 Å². The first-order chi connectivity index (χ1) is 16.0. The molecule has 0 bridgehead atoms. The van der Waals surface area contributed by atoms with Gasteiger partial charge in [0.1, 0.15) is 5.75 Å². The summed E-state index contributed by atoms with van der Waals surface area (Å²) < 4.78 is 13.8. The lowest BCUT2D eigenvalue weighted by Crippen LogP contribution is -2.46. The summed E-state index contributed by atoms with van der Waals surface area (Å²) in [6.07, 6.45) is 9.30. The molecule has 2 aliphatic rings. The number of hydrogen-bond donors (Lipinski definition) is 1. The van der Waals surface area contributed by atoms with Crippen LogP contribution in [0.1, 0.15) is 62.6 Å². The van der Waals surface area contributed by atoms with Crippen molar-refractivity contribution in [2.24, 2.45) is 5.92 Å². The molecule has 1 N–H and O–H groups in total. The highest BCUT2D eigenvalue weighted by Crippen LogP contribution is 2.40. The quantitative estimate of drug-likeness (QED) is 0.520. The lowest BCUT2D eigenvalue weighted by atomic mass is 9.89. The molecule has 7 heteroatoms. The first kappa shape index (κ1) is 24.0. The number of benzene rings is 1. The third-order valence-corrected chi connectivity index (χ3v) is 7.46. The molecule has 1 aliphatic heterocycles. The molecule has 1 saturated carbocycles. The van der Waals surface area contributed by atoms with Crippen LogP contribution in [-0.2, 0) is 6.54 Å². The number of nitrogens with one attached hydrogen (secondary N) is 1. The van der Waals surface area contributed by atoms with Crippen molar-refractivity contribution in [1.29, 1.82) is 0 Å². The van der Waals surface area contributed by atoms with Crippen LogP contribution in [0.25, 0.3) is 11.3 Å². The van der Waals surface area contributed by atoms with Crippen molar-refractivity contribution in [3.8, 4) is 22.8 Å². The van der Waals surface area contributed by atoms with Crippen LogP contribution in [0.4, 0.5) is 4.79 Å². The van der Waals surface area contributed by atoms with Gasteiger partial charge in [0.2, 0.25) is 0 Å². The summed E-state index contributed by atoms with van der Waals surface area (Å²) in [5.41, 5.74) is 6.70. The van der Waals surface area contributed by atoms with Crippen molar-refractivity contribution in [2.75, 3.05) is 20.2 Å². The maximum Gasteiger partial charge on any atom is 0.427 e. The van der Waals surface area contributed by atoms with Crippen molar-refractivity contribution in [1.82, 2.24) is 15.0 Å². The number of methoxy groups -OCH3 is 1. The maximum absolute atomic E-state index is 12.7. The topological polar surface area (TPSA) is 55.7 Å². The molecular formula is C26H36ClN3O3. The summed E-state index contributed by atoms with van der Waals surface area (Å²) in [5, 5.41) is 2.64. The van der Waals surface area contributed by atoms with Gasteiger partial charge in [-0.15, -0.1) is 0 Å². The number of ether oxygens (including phenoxy) is 2. The normalized spacial score (nSPS) is 17.7. The van der Waals surface area contributed by atoms with E-state index >= 15 is 0 Å². The second-order valence-electron chi connectivity index (χ2n) is 9.44. The van der Waals surface area contributed by atoms with E-state index in [9.17, 15) is 4.79 Å². The van der Waals surface area contributed by atoms with Crippen LogP contribution in [-0.4, -0.2) is 35.9 Å². The number of hydrazine groups is 1. The first-order valence-corrected chi connectivity index (χ1v) is 12.6. The average Bonchev–Trinajstić information content (AvgIpc) is 3.11. The average molecular weight is 474 g/mol. The molecule has 1 saturated heterocycles. The van der Waals surface area contributed by atoms with Crippen molar-refractivity contribution >= 4 is 17.7 Å². The molecule has 1 amide bonds. The van der Waals surface area contributed by atoms with Gasteiger partial charge in [0.15, 0.2) is 5.75 Å². The van der Waals surface area contributed by atoms with Gasteiger partial charge in [-0.2, -0.15) is 0 Å². The number of halogens is 1. The second-order valence-corrected chi connectivity index (χ2v) is 9.85. The molecular weight excluding hydrogens is 438 g/mol. The fraction of sp³-hybridized carbons (Fsp3) is 0.577. The molecule has 1 aromatic heterocycles. The van der Waals surface area contributed by atoms with Crippen LogP contribution in [0.2, 0.25) is 5.02 Å². The van der Waals surface area contributed by atoms with Crippen LogP contribution in [0, 0.1) is 19.8 Å². The van der Waals surface area contributed by atoms with Crippen molar-refractivity contribution < 1.29 is 14.3 Å². The molecule has 1 aliphatic carbocycles. The Morgan fingerprint density at radius 1 is 1.03 bits per heavy atom. The number of hydrogen-bond acceptors (Lipinski definition) is 4. The lowest BCUT2D eigenvalue weighted by Gasteiger charge is -2.26. The van der Waals surface area contributed by atoms with Crippen LogP contribution < -0.4 is 14.9 Å². The van der Waals surface area contributed by atoms with Crippen LogP contribution in [0.15, 0.2) is 18.2 Å². The van der Waals surface area contributed by atoms with E-state index in [1.807, 2.05) is 37.1 Å². The Kier molecular flexibility index (Phi) is 7.86. The van der Waals surface area contributed by atoms with Crippen LogP contribution in [0.3, 0.4) is 0 Å². The van der Waals surface area contributed by atoms with Gasteiger partial charge in [0.05, 0.1) is 18.5 Å². The largest absolute Gasteiger partial charge is 0.496 e. The van der Waals surface area contributed by atoms with Gasteiger partial charge < -0.3 is 14.0 Å². The number of piperidine rings is 1. The minimum atomic E-state index is -0.435. The molecule has 2 fully saturated rings. The van der Waals surface area contributed by atoms with Crippen molar-refractivity contribution in [2.45, 2.75) is 71.8 Å². The Hall–Kier alpha value is -2.18. The molecule has 0 unspecified atom stereocenters. The molecule has 2 aromatic rings. The van der Waals surface area contributed by atoms with E-state index in [4.69, 9.17) is 21.1 Å². The van der Waals surface area contributed by atoms with Gasteiger partial charge in [-0.3, -0.25) is 5.43 Å². The molecule has 180 valence electrons.